The summed E-state index contributed by atoms with van der Waals surface area (Å²) in [7, 11) is 0. The third-order valence-corrected chi connectivity index (χ3v) is 2.87. The molecule has 0 aliphatic heterocycles. The molecule has 0 fully saturated rings. The highest BCUT2D eigenvalue weighted by molar-refractivity contribution is 7.80. The first-order valence-electron chi connectivity index (χ1n) is 5.00. The molecule has 0 unspecified atom stereocenters. The average molecular weight is 245 g/mol. The zero-order valence-corrected chi connectivity index (χ0v) is 10.9. The summed E-state index contributed by atoms with van der Waals surface area (Å²) in [6, 6.07) is -0.131. The molecule has 16 heavy (non-hydrogen) atoms. The lowest BCUT2D eigenvalue weighted by Gasteiger charge is -2.33. The van der Waals surface area contributed by atoms with E-state index in [0.29, 0.717) is 0 Å². The van der Waals surface area contributed by atoms with E-state index >= 15 is 0 Å². The molecule has 0 aromatic carbocycles. The van der Waals surface area contributed by atoms with Crippen molar-refractivity contribution >= 4 is 29.0 Å². The first kappa shape index (κ1) is 14.8. The molecule has 92 valence electrons. The van der Waals surface area contributed by atoms with Gasteiger partial charge in [0.2, 0.25) is 11.8 Å². The molecule has 0 saturated carbocycles. The zero-order valence-electron chi connectivity index (χ0n) is 10.1. The van der Waals surface area contributed by atoms with E-state index in [-0.39, 0.29) is 23.5 Å². The highest BCUT2D eigenvalue weighted by atomic mass is 32.1. The fraction of sp³-hybridized carbons (Fsp3) is 0.700. The van der Waals surface area contributed by atoms with Crippen molar-refractivity contribution in [2.45, 2.75) is 33.7 Å². The van der Waals surface area contributed by atoms with Crippen LogP contribution in [0.2, 0.25) is 0 Å². The van der Waals surface area contributed by atoms with E-state index in [1.165, 1.54) is 4.90 Å². The Bertz CT molecular complexity index is 313. The number of carbonyl (C=O) groups is 2. The molecular weight excluding hydrogens is 226 g/mol. The van der Waals surface area contributed by atoms with Gasteiger partial charge in [0.15, 0.2) is 0 Å². The molecule has 0 spiro atoms. The second kappa shape index (κ2) is 5.25. The van der Waals surface area contributed by atoms with Crippen molar-refractivity contribution in [2.24, 2.45) is 16.9 Å². The highest BCUT2D eigenvalue weighted by Crippen LogP contribution is 2.20. The Hall–Kier alpha value is -1.17. The van der Waals surface area contributed by atoms with Crippen molar-refractivity contribution in [3.05, 3.63) is 0 Å². The van der Waals surface area contributed by atoms with Gasteiger partial charge in [-0.2, -0.15) is 0 Å². The zero-order chi connectivity index (χ0) is 13.1. The fourth-order valence-corrected chi connectivity index (χ4v) is 1.21. The van der Waals surface area contributed by atoms with Gasteiger partial charge in [0.1, 0.15) is 0 Å². The van der Waals surface area contributed by atoms with E-state index in [1.54, 1.807) is 27.7 Å². The quantitative estimate of drug-likeness (QED) is 0.668. The molecular formula is C10H19N3O2S. The van der Waals surface area contributed by atoms with Crippen LogP contribution >= 0.6 is 12.2 Å². The summed E-state index contributed by atoms with van der Waals surface area (Å²) in [4.78, 5) is 24.5. The highest BCUT2D eigenvalue weighted by Gasteiger charge is 2.36. The van der Waals surface area contributed by atoms with Gasteiger partial charge >= 0.3 is 0 Å². The van der Waals surface area contributed by atoms with Crippen molar-refractivity contribution < 1.29 is 9.59 Å². The number of nitrogens with two attached hydrogens (primary N) is 2. The number of rotatable bonds is 5. The molecule has 0 saturated heterocycles. The third kappa shape index (κ3) is 3.44. The second-order valence-corrected chi connectivity index (χ2v) is 4.92. The Balaban J connectivity index is 5.02. The van der Waals surface area contributed by atoms with Crippen LogP contribution in [0.5, 0.6) is 0 Å². The normalized spacial score (nSPS) is 11.3. The molecule has 0 bridgehead atoms. The van der Waals surface area contributed by atoms with E-state index in [1.807, 2.05) is 0 Å². The van der Waals surface area contributed by atoms with Gasteiger partial charge in [-0.1, -0.05) is 12.2 Å². The maximum absolute atomic E-state index is 12.1. The minimum absolute atomic E-state index is 0.104. The predicted octanol–water partition coefficient (Wildman–Crippen LogP) is 0.0210. The number of hydrogen-bond acceptors (Lipinski definition) is 3. The molecule has 5 nitrogen and oxygen atoms in total. The monoisotopic (exact) mass is 245 g/mol. The van der Waals surface area contributed by atoms with Gasteiger partial charge in [0.05, 0.1) is 16.9 Å². The van der Waals surface area contributed by atoms with E-state index < -0.39 is 11.3 Å². The van der Waals surface area contributed by atoms with Crippen LogP contribution in [0.25, 0.3) is 0 Å². The fourth-order valence-electron chi connectivity index (χ4n) is 1.12. The second-order valence-electron chi connectivity index (χ2n) is 4.48. The van der Waals surface area contributed by atoms with Gasteiger partial charge in [0.25, 0.3) is 0 Å². The average Bonchev–Trinajstić information content (AvgIpc) is 2.11. The van der Waals surface area contributed by atoms with E-state index in [4.69, 9.17) is 23.7 Å². The van der Waals surface area contributed by atoms with Gasteiger partial charge in [-0.15, -0.1) is 0 Å². The molecule has 0 aromatic heterocycles. The number of thiocarbonyl (C=S) groups is 1. The maximum atomic E-state index is 12.1. The van der Waals surface area contributed by atoms with E-state index in [2.05, 4.69) is 0 Å². The Labute approximate surface area is 101 Å². The summed E-state index contributed by atoms with van der Waals surface area (Å²) < 4.78 is 0. The predicted molar refractivity (Wildman–Crippen MR) is 66.6 cm³/mol. The summed E-state index contributed by atoms with van der Waals surface area (Å²) in [5.74, 6) is -0.838. The molecule has 0 rings (SSSR count). The SMILES string of the molecule is CC(C)N(CC(N)=O)C(=O)C(C)(C)C(N)=S. The Kier molecular flexibility index (Phi) is 4.86. The molecule has 4 N–H and O–H groups in total. The standard InChI is InChI=1S/C10H19N3O2S/c1-6(2)13(5-7(11)14)9(15)10(3,4)8(12)16/h6H,5H2,1-4H3,(H2,11,14)(H2,12,16). The van der Waals surface area contributed by atoms with E-state index in [9.17, 15) is 9.59 Å². The van der Waals surface area contributed by atoms with Gasteiger partial charge < -0.3 is 16.4 Å². The van der Waals surface area contributed by atoms with Gasteiger partial charge in [-0.3, -0.25) is 9.59 Å². The van der Waals surface area contributed by atoms with Crippen molar-refractivity contribution in [3.63, 3.8) is 0 Å². The number of amides is 2. The summed E-state index contributed by atoms with van der Waals surface area (Å²) in [5, 5.41) is 0. The summed E-state index contributed by atoms with van der Waals surface area (Å²) in [5.41, 5.74) is 9.64. The summed E-state index contributed by atoms with van der Waals surface area (Å²) in [6.07, 6.45) is 0. The number of carbonyl (C=O) groups excluding carboxylic acids is 2. The first-order valence-corrected chi connectivity index (χ1v) is 5.40. The van der Waals surface area contributed by atoms with Crippen molar-refractivity contribution in [1.29, 1.82) is 0 Å². The lowest BCUT2D eigenvalue weighted by atomic mass is 9.91. The summed E-state index contributed by atoms with van der Waals surface area (Å²) in [6.45, 7) is 6.75. The minimum Gasteiger partial charge on any atom is -0.392 e. The van der Waals surface area contributed by atoms with Crippen LogP contribution in [-0.4, -0.2) is 34.3 Å². The van der Waals surface area contributed by atoms with Gasteiger partial charge in [0, 0.05) is 6.04 Å². The van der Waals surface area contributed by atoms with Crippen LogP contribution in [0, 0.1) is 5.41 Å². The van der Waals surface area contributed by atoms with Crippen LogP contribution in [0.1, 0.15) is 27.7 Å². The van der Waals surface area contributed by atoms with Crippen molar-refractivity contribution in [3.8, 4) is 0 Å². The van der Waals surface area contributed by atoms with Crippen LogP contribution in [-0.2, 0) is 9.59 Å². The van der Waals surface area contributed by atoms with Crippen molar-refractivity contribution in [2.75, 3.05) is 6.54 Å². The topological polar surface area (TPSA) is 89.4 Å². The minimum atomic E-state index is -0.963. The lowest BCUT2D eigenvalue weighted by molar-refractivity contribution is -0.141. The third-order valence-electron chi connectivity index (χ3n) is 2.36. The van der Waals surface area contributed by atoms with Crippen LogP contribution in [0.15, 0.2) is 0 Å². The van der Waals surface area contributed by atoms with Crippen molar-refractivity contribution in [1.82, 2.24) is 4.90 Å². The molecule has 0 heterocycles. The first-order chi connectivity index (χ1) is 7.10. The number of hydrogen-bond donors (Lipinski definition) is 2. The molecule has 0 atom stereocenters. The van der Waals surface area contributed by atoms with Crippen LogP contribution < -0.4 is 11.5 Å². The Morgan fingerprint density at radius 2 is 1.75 bits per heavy atom. The largest absolute Gasteiger partial charge is 0.392 e. The lowest BCUT2D eigenvalue weighted by Crippen LogP contribution is -2.52. The molecule has 0 radical (unpaired) electrons. The molecule has 6 heteroatoms. The number of nitrogens with zero attached hydrogens (tertiary/aromatic N) is 1. The summed E-state index contributed by atoms with van der Waals surface area (Å²) >= 11 is 4.84. The van der Waals surface area contributed by atoms with Crippen LogP contribution in [0.3, 0.4) is 0 Å². The van der Waals surface area contributed by atoms with E-state index in [0.717, 1.165) is 0 Å². The Morgan fingerprint density at radius 1 is 1.31 bits per heavy atom. The molecule has 2 amide bonds. The molecule has 0 aliphatic rings. The Morgan fingerprint density at radius 3 is 2.00 bits per heavy atom. The smallest absolute Gasteiger partial charge is 0.237 e. The molecule has 0 aliphatic carbocycles. The van der Waals surface area contributed by atoms with Crippen LogP contribution in [0.4, 0.5) is 0 Å². The maximum Gasteiger partial charge on any atom is 0.237 e. The van der Waals surface area contributed by atoms with Gasteiger partial charge in [-0.25, -0.2) is 0 Å². The van der Waals surface area contributed by atoms with Gasteiger partial charge in [-0.05, 0) is 27.7 Å². The molecule has 0 aromatic rings. The number of primary amides is 1.